The molecule has 0 aliphatic rings. The number of fused-ring (bicyclic) bond motifs is 1. The van der Waals surface area contributed by atoms with E-state index in [1.54, 1.807) is 0 Å². The van der Waals surface area contributed by atoms with Gasteiger partial charge in [-0.15, -0.1) is 11.6 Å². The highest BCUT2D eigenvalue weighted by Crippen LogP contribution is 2.19. The van der Waals surface area contributed by atoms with Gasteiger partial charge >= 0.3 is 0 Å². The van der Waals surface area contributed by atoms with E-state index in [4.69, 9.17) is 11.6 Å². The van der Waals surface area contributed by atoms with E-state index in [1.807, 2.05) is 0 Å². The van der Waals surface area contributed by atoms with Crippen LogP contribution in [0.2, 0.25) is 0 Å². The van der Waals surface area contributed by atoms with E-state index in [2.05, 4.69) is 49.4 Å². The summed E-state index contributed by atoms with van der Waals surface area (Å²) < 4.78 is 0. The monoisotopic (exact) mass is 232 g/mol. The molecule has 2 aromatic rings. The van der Waals surface area contributed by atoms with Crippen molar-refractivity contribution in [1.82, 2.24) is 0 Å². The Hall–Kier alpha value is -1.01. The highest BCUT2D eigenvalue weighted by molar-refractivity contribution is 6.20. The zero-order valence-corrected chi connectivity index (χ0v) is 10.4. The van der Waals surface area contributed by atoms with Gasteiger partial charge in [-0.05, 0) is 29.2 Å². The van der Waals surface area contributed by atoms with Crippen LogP contribution in [0.25, 0.3) is 10.8 Å². The summed E-state index contributed by atoms with van der Waals surface area (Å²) in [7, 11) is 0. The summed E-state index contributed by atoms with van der Waals surface area (Å²) in [6.07, 6.45) is 3.22. The molecule has 0 aliphatic carbocycles. The maximum atomic E-state index is 6.27. The summed E-state index contributed by atoms with van der Waals surface area (Å²) in [6, 6.07) is 15.1. The maximum absolute atomic E-state index is 6.27. The normalized spacial score (nSPS) is 12.9. The minimum Gasteiger partial charge on any atom is -0.123 e. The zero-order chi connectivity index (χ0) is 11.4. The van der Waals surface area contributed by atoms with Crippen LogP contribution in [0.5, 0.6) is 0 Å². The number of rotatable bonds is 4. The molecule has 84 valence electrons. The van der Waals surface area contributed by atoms with Crippen LogP contribution in [0.3, 0.4) is 0 Å². The number of hydrogen-bond acceptors (Lipinski definition) is 0. The van der Waals surface area contributed by atoms with Gasteiger partial charge in [-0.1, -0.05) is 55.8 Å². The number of benzene rings is 2. The molecule has 0 saturated heterocycles. The smallest absolute Gasteiger partial charge is 0.0376 e. The first kappa shape index (κ1) is 11.5. The van der Waals surface area contributed by atoms with E-state index in [-0.39, 0.29) is 5.38 Å². The Labute approximate surface area is 102 Å². The minimum absolute atomic E-state index is 0.270. The Balaban J connectivity index is 2.19. The molecule has 0 saturated carbocycles. The molecule has 16 heavy (non-hydrogen) atoms. The Kier molecular flexibility index (Phi) is 3.84. The summed E-state index contributed by atoms with van der Waals surface area (Å²) in [5.41, 5.74) is 1.34. The van der Waals surface area contributed by atoms with Crippen LogP contribution in [-0.2, 0) is 6.42 Å². The van der Waals surface area contributed by atoms with Crippen molar-refractivity contribution in [1.29, 1.82) is 0 Å². The first-order chi connectivity index (χ1) is 7.79. The van der Waals surface area contributed by atoms with Gasteiger partial charge in [0.25, 0.3) is 0 Å². The molecule has 0 spiro atoms. The average molecular weight is 233 g/mol. The third-order valence-corrected chi connectivity index (χ3v) is 3.25. The molecular formula is C15H17Cl. The van der Waals surface area contributed by atoms with Gasteiger partial charge in [0.2, 0.25) is 0 Å². The number of alkyl halides is 1. The second-order valence-corrected chi connectivity index (χ2v) is 4.89. The molecule has 0 bridgehead atoms. The molecule has 0 aliphatic heterocycles. The highest BCUT2D eigenvalue weighted by Gasteiger charge is 2.05. The fraction of sp³-hybridized carbons (Fsp3) is 0.333. The van der Waals surface area contributed by atoms with E-state index in [1.165, 1.54) is 16.3 Å². The van der Waals surface area contributed by atoms with Crippen molar-refractivity contribution < 1.29 is 0 Å². The second kappa shape index (κ2) is 5.36. The quantitative estimate of drug-likeness (QED) is 0.665. The Bertz CT molecular complexity index is 462. The molecule has 1 atom stereocenters. The van der Waals surface area contributed by atoms with Crippen molar-refractivity contribution in [3.05, 3.63) is 48.0 Å². The molecule has 0 amide bonds. The van der Waals surface area contributed by atoms with Crippen molar-refractivity contribution in [2.45, 2.75) is 31.6 Å². The molecule has 2 rings (SSSR count). The summed E-state index contributed by atoms with van der Waals surface area (Å²) in [5.74, 6) is 0. The lowest BCUT2D eigenvalue weighted by atomic mass is 10.0. The van der Waals surface area contributed by atoms with Gasteiger partial charge in [0.05, 0.1) is 0 Å². The molecule has 0 heterocycles. The van der Waals surface area contributed by atoms with Crippen LogP contribution in [0.1, 0.15) is 25.3 Å². The van der Waals surface area contributed by atoms with Crippen LogP contribution in [-0.4, -0.2) is 5.38 Å². The van der Waals surface area contributed by atoms with E-state index in [0.717, 1.165) is 19.3 Å². The molecule has 0 nitrogen and oxygen atoms in total. The van der Waals surface area contributed by atoms with Crippen molar-refractivity contribution >= 4 is 22.4 Å². The van der Waals surface area contributed by atoms with E-state index < -0.39 is 0 Å². The van der Waals surface area contributed by atoms with E-state index >= 15 is 0 Å². The van der Waals surface area contributed by atoms with Crippen LogP contribution < -0.4 is 0 Å². The van der Waals surface area contributed by atoms with Gasteiger partial charge in [0.1, 0.15) is 0 Å². The van der Waals surface area contributed by atoms with Crippen LogP contribution in [0, 0.1) is 0 Å². The Morgan fingerprint density at radius 2 is 1.81 bits per heavy atom. The predicted molar refractivity (Wildman–Crippen MR) is 72.2 cm³/mol. The second-order valence-electron chi connectivity index (χ2n) is 4.27. The van der Waals surface area contributed by atoms with E-state index in [9.17, 15) is 0 Å². The standard InChI is InChI=1S/C15H17Cl/c1-2-5-15(16)11-12-8-9-13-6-3-4-7-14(13)10-12/h3-4,6-10,15H,2,5,11H2,1H3. The van der Waals surface area contributed by atoms with Gasteiger partial charge in [-0.2, -0.15) is 0 Å². The molecule has 2 aromatic carbocycles. The third-order valence-electron chi connectivity index (χ3n) is 2.87. The lowest BCUT2D eigenvalue weighted by Gasteiger charge is -2.08. The fourth-order valence-electron chi connectivity index (χ4n) is 2.04. The molecular weight excluding hydrogens is 216 g/mol. The molecule has 0 aromatic heterocycles. The van der Waals surface area contributed by atoms with E-state index in [0.29, 0.717) is 0 Å². The first-order valence-electron chi connectivity index (χ1n) is 5.91. The van der Waals surface area contributed by atoms with Crippen molar-refractivity contribution in [3.8, 4) is 0 Å². The summed E-state index contributed by atoms with van der Waals surface area (Å²) in [6.45, 7) is 2.18. The molecule has 0 radical (unpaired) electrons. The first-order valence-corrected chi connectivity index (χ1v) is 6.35. The maximum Gasteiger partial charge on any atom is 0.0376 e. The van der Waals surface area contributed by atoms with Crippen LogP contribution >= 0.6 is 11.6 Å². The molecule has 0 N–H and O–H groups in total. The van der Waals surface area contributed by atoms with Gasteiger partial charge in [0.15, 0.2) is 0 Å². The van der Waals surface area contributed by atoms with Crippen LogP contribution in [0.4, 0.5) is 0 Å². The molecule has 1 unspecified atom stereocenters. The Morgan fingerprint density at radius 1 is 1.06 bits per heavy atom. The minimum atomic E-state index is 0.270. The zero-order valence-electron chi connectivity index (χ0n) is 9.62. The highest BCUT2D eigenvalue weighted by atomic mass is 35.5. The van der Waals surface area contributed by atoms with Crippen molar-refractivity contribution in [3.63, 3.8) is 0 Å². The lowest BCUT2D eigenvalue weighted by Crippen LogP contribution is -2.02. The van der Waals surface area contributed by atoms with Crippen LogP contribution in [0.15, 0.2) is 42.5 Å². The fourth-order valence-corrected chi connectivity index (χ4v) is 2.43. The Morgan fingerprint density at radius 3 is 2.56 bits per heavy atom. The topological polar surface area (TPSA) is 0 Å². The van der Waals surface area contributed by atoms with Crippen molar-refractivity contribution in [2.75, 3.05) is 0 Å². The largest absolute Gasteiger partial charge is 0.123 e. The number of hydrogen-bond donors (Lipinski definition) is 0. The lowest BCUT2D eigenvalue weighted by molar-refractivity contribution is 0.727. The van der Waals surface area contributed by atoms with Gasteiger partial charge in [-0.25, -0.2) is 0 Å². The summed E-state index contributed by atoms with van der Waals surface area (Å²) in [4.78, 5) is 0. The van der Waals surface area contributed by atoms with Gasteiger partial charge in [-0.3, -0.25) is 0 Å². The van der Waals surface area contributed by atoms with Crippen molar-refractivity contribution in [2.24, 2.45) is 0 Å². The molecule has 0 fully saturated rings. The predicted octanol–water partition coefficient (Wildman–Crippen LogP) is 4.79. The number of halogens is 1. The van der Waals surface area contributed by atoms with Gasteiger partial charge < -0.3 is 0 Å². The summed E-state index contributed by atoms with van der Waals surface area (Å²) in [5, 5.41) is 2.87. The third kappa shape index (κ3) is 2.76. The molecule has 1 heteroatoms. The SMILES string of the molecule is CCCC(Cl)Cc1ccc2ccccc2c1. The van der Waals surface area contributed by atoms with Gasteiger partial charge in [0, 0.05) is 5.38 Å². The average Bonchev–Trinajstić information content (AvgIpc) is 2.29. The summed E-state index contributed by atoms with van der Waals surface area (Å²) >= 11 is 6.27.